The van der Waals surface area contributed by atoms with Crippen molar-refractivity contribution in [2.75, 3.05) is 26.8 Å². The maximum atomic E-state index is 12.4. The van der Waals surface area contributed by atoms with Crippen LogP contribution in [0, 0.1) is 10.1 Å². The minimum absolute atomic E-state index is 0.112. The molecule has 112 valence electrons. The van der Waals surface area contributed by atoms with Crippen LogP contribution < -0.4 is 0 Å². The van der Waals surface area contributed by atoms with Crippen molar-refractivity contribution in [3.63, 3.8) is 0 Å². The van der Waals surface area contributed by atoms with E-state index in [0.29, 0.717) is 19.7 Å². The van der Waals surface area contributed by atoms with Crippen LogP contribution in [0.2, 0.25) is 5.02 Å². The molecule has 0 atom stereocenters. The molecule has 0 bridgehead atoms. The first-order valence-corrected chi connectivity index (χ1v) is 6.81. The van der Waals surface area contributed by atoms with Crippen LogP contribution in [-0.4, -0.2) is 42.5 Å². The molecule has 0 spiro atoms. The number of carbonyl (C=O) groups excluding carboxylic acids is 1. The lowest BCUT2D eigenvalue weighted by Gasteiger charge is -2.26. The van der Waals surface area contributed by atoms with E-state index in [4.69, 9.17) is 16.3 Å². The first-order chi connectivity index (χ1) is 10.0. The van der Waals surface area contributed by atoms with Crippen molar-refractivity contribution in [1.29, 1.82) is 0 Å². The van der Waals surface area contributed by atoms with Crippen molar-refractivity contribution in [1.82, 2.24) is 4.90 Å². The van der Waals surface area contributed by atoms with Gasteiger partial charge in [0.25, 0.3) is 11.6 Å². The van der Waals surface area contributed by atoms with Gasteiger partial charge in [0, 0.05) is 26.3 Å². The van der Waals surface area contributed by atoms with Gasteiger partial charge in [-0.2, -0.15) is 0 Å². The first kappa shape index (κ1) is 15.5. The normalized spacial score (nSPS) is 14.8. The largest absolute Gasteiger partial charge is 0.380 e. The van der Waals surface area contributed by atoms with Gasteiger partial charge in [-0.05, 0) is 18.1 Å². The molecule has 0 aliphatic carbocycles. The molecule has 0 saturated heterocycles. The molecule has 0 fully saturated rings. The van der Waals surface area contributed by atoms with Gasteiger partial charge in [-0.3, -0.25) is 14.9 Å². The van der Waals surface area contributed by atoms with Gasteiger partial charge in [0.2, 0.25) is 0 Å². The van der Waals surface area contributed by atoms with Gasteiger partial charge in [0.05, 0.1) is 17.1 Å². The van der Waals surface area contributed by atoms with Crippen LogP contribution in [0.15, 0.2) is 29.8 Å². The highest BCUT2D eigenvalue weighted by atomic mass is 35.5. The van der Waals surface area contributed by atoms with Crippen molar-refractivity contribution in [2.45, 2.75) is 6.42 Å². The Kier molecular flexibility index (Phi) is 4.93. The zero-order chi connectivity index (χ0) is 15.4. The summed E-state index contributed by atoms with van der Waals surface area (Å²) in [6.45, 7) is 1.56. The quantitative estimate of drug-likeness (QED) is 0.487. The molecule has 1 aromatic rings. The zero-order valence-corrected chi connectivity index (χ0v) is 12.3. The van der Waals surface area contributed by atoms with E-state index in [2.05, 4.69) is 0 Å². The SMILES string of the molecule is COCC1=CCN(C(=O)c2cccc([N+](=O)[O-])c2Cl)CC1. The Morgan fingerprint density at radius 1 is 1.52 bits per heavy atom. The molecule has 2 rings (SSSR count). The Bertz CT molecular complexity index is 601. The second kappa shape index (κ2) is 6.69. The monoisotopic (exact) mass is 310 g/mol. The van der Waals surface area contributed by atoms with E-state index in [9.17, 15) is 14.9 Å². The van der Waals surface area contributed by atoms with Crippen molar-refractivity contribution in [3.05, 3.63) is 50.5 Å². The minimum Gasteiger partial charge on any atom is -0.380 e. The van der Waals surface area contributed by atoms with E-state index >= 15 is 0 Å². The highest BCUT2D eigenvalue weighted by Crippen LogP contribution is 2.29. The van der Waals surface area contributed by atoms with Crippen LogP contribution >= 0.6 is 11.6 Å². The van der Waals surface area contributed by atoms with Crippen LogP contribution in [0.5, 0.6) is 0 Å². The summed E-state index contributed by atoms with van der Waals surface area (Å²) in [4.78, 5) is 24.3. The number of rotatable bonds is 4. The molecule has 1 aliphatic heterocycles. The second-order valence-electron chi connectivity index (χ2n) is 4.69. The Morgan fingerprint density at radius 2 is 2.29 bits per heavy atom. The summed E-state index contributed by atoms with van der Waals surface area (Å²) in [5.74, 6) is -0.295. The minimum atomic E-state index is -0.591. The fourth-order valence-corrected chi connectivity index (χ4v) is 2.48. The molecule has 0 saturated carbocycles. The highest BCUT2D eigenvalue weighted by Gasteiger charge is 2.24. The average molecular weight is 311 g/mol. The fourth-order valence-electron chi connectivity index (χ4n) is 2.21. The molecule has 0 aromatic heterocycles. The maximum Gasteiger partial charge on any atom is 0.288 e. The van der Waals surface area contributed by atoms with Crippen molar-refractivity contribution in [3.8, 4) is 0 Å². The van der Waals surface area contributed by atoms with Gasteiger partial charge >= 0.3 is 0 Å². The zero-order valence-electron chi connectivity index (χ0n) is 11.5. The number of nitro benzene ring substituents is 1. The molecule has 1 aliphatic rings. The Balaban J connectivity index is 2.19. The van der Waals surface area contributed by atoms with E-state index in [-0.39, 0.29) is 22.2 Å². The molecule has 0 radical (unpaired) electrons. The second-order valence-corrected chi connectivity index (χ2v) is 5.07. The van der Waals surface area contributed by atoms with E-state index in [0.717, 1.165) is 12.0 Å². The summed E-state index contributed by atoms with van der Waals surface area (Å²) >= 11 is 5.97. The third-order valence-electron chi connectivity index (χ3n) is 3.33. The molecule has 1 aromatic carbocycles. The summed E-state index contributed by atoms with van der Waals surface area (Å²) in [6, 6.07) is 4.26. The van der Waals surface area contributed by atoms with Crippen LogP contribution in [0.3, 0.4) is 0 Å². The predicted octanol–water partition coefficient (Wildman–Crippen LogP) is 2.67. The lowest BCUT2D eigenvalue weighted by Crippen LogP contribution is -2.35. The lowest BCUT2D eigenvalue weighted by molar-refractivity contribution is -0.384. The van der Waals surface area contributed by atoms with E-state index < -0.39 is 4.92 Å². The molecule has 1 amide bonds. The smallest absolute Gasteiger partial charge is 0.288 e. The summed E-state index contributed by atoms with van der Waals surface area (Å²) < 4.78 is 5.06. The number of ether oxygens (including phenoxy) is 1. The molecule has 1 heterocycles. The Hall–Kier alpha value is -1.92. The van der Waals surface area contributed by atoms with E-state index in [1.165, 1.54) is 18.2 Å². The number of methoxy groups -OCH3 is 1. The fraction of sp³-hybridized carbons (Fsp3) is 0.357. The number of amides is 1. The molecule has 0 unspecified atom stereocenters. The van der Waals surface area contributed by atoms with Crippen molar-refractivity contribution >= 4 is 23.2 Å². The molecular formula is C14H15ClN2O4. The van der Waals surface area contributed by atoms with Gasteiger partial charge < -0.3 is 9.64 Å². The van der Waals surface area contributed by atoms with Gasteiger partial charge in [-0.15, -0.1) is 0 Å². The number of nitrogens with zero attached hydrogens (tertiary/aromatic N) is 2. The standard InChI is InChI=1S/C14H15ClN2O4/c1-21-9-10-5-7-16(8-6-10)14(18)11-3-2-4-12(13(11)15)17(19)20/h2-5H,6-9H2,1H3. The van der Waals surface area contributed by atoms with Crippen LogP contribution in [-0.2, 0) is 4.74 Å². The Morgan fingerprint density at radius 3 is 2.86 bits per heavy atom. The first-order valence-electron chi connectivity index (χ1n) is 6.43. The molecule has 6 nitrogen and oxygen atoms in total. The van der Waals surface area contributed by atoms with Crippen LogP contribution in [0.25, 0.3) is 0 Å². The van der Waals surface area contributed by atoms with Gasteiger partial charge in [0.1, 0.15) is 5.02 Å². The average Bonchev–Trinajstić information content (AvgIpc) is 2.47. The maximum absolute atomic E-state index is 12.4. The lowest BCUT2D eigenvalue weighted by atomic mass is 10.1. The number of hydrogen-bond acceptors (Lipinski definition) is 4. The van der Waals surface area contributed by atoms with Crippen molar-refractivity contribution in [2.24, 2.45) is 0 Å². The topological polar surface area (TPSA) is 72.7 Å². The van der Waals surface area contributed by atoms with Gasteiger partial charge in [0.15, 0.2) is 0 Å². The molecule has 21 heavy (non-hydrogen) atoms. The third kappa shape index (κ3) is 3.40. The summed E-state index contributed by atoms with van der Waals surface area (Å²) in [5, 5.41) is 10.7. The number of nitro groups is 1. The molecular weight excluding hydrogens is 296 g/mol. The number of carbonyl (C=O) groups is 1. The van der Waals surface area contributed by atoms with Crippen LogP contribution in [0.1, 0.15) is 16.8 Å². The van der Waals surface area contributed by atoms with Crippen molar-refractivity contribution < 1.29 is 14.5 Å². The molecule has 0 N–H and O–H groups in total. The number of halogens is 1. The summed E-state index contributed by atoms with van der Waals surface area (Å²) in [5.41, 5.74) is 1.05. The van der Waals surface area contributed by atoms with E-state index in [1.54, 1.807) is 12.0 Å². The predicted molar refractivity (Wildman–Crippen MR) is 78.6 cm³/mol. The summed E-state index contributed by atoms with van der Waals surface area (Å²) in [7, 11) is 1.63. The Labute approximate surface area is 127 Å². The summed E-state index contributed by atoms with van der Waals surface area (Å²) in [6.07, 6.45) is 2.67. The highest BCUT2D eigenvalue weighted by molar-refractivity contribution is 6.35. The number of benzene rings is 1. The van der Waals surface area contributed by atoms with Gasteiger partial charge in [-0.1, -0.05) is 23.7 Å². The third-order valence-corrected chi connectivity index (χ3v) is 3.72. The van der Waals surface area contributed by atoms with Crippen LogP contribution in [0.4, 0.5) is 5.69 Å². The van der Waals surface area contributed by atoms with E-state index in [1.807, 2.05) is 6.08 Å². The molecule has 7 heteroatoms. The number of hydrogen-bond donors (Lipinski definition) is 0. The van der Waals surface area contributed by atoms with Gasteiger partial charge in [-0.25, -0.2) is 0 Å².